The van der Waals surface area contributed by atoms with Gasteiger partial charge in [-0.2, -0.15) is 0 Å². The number of pyridine rings is 1. The molecular formula is C20H17NO3. The van der Waals surface area contributed by atoms with Gasteiger partial charge in [0.1, 0.15) is 12.4 Å². The summed E-state index contributed by atoms with van der Waals surface area (Å²) in [7, 11) is 1.35. The number of hydrogen-bond donors (Lipinski definition) is 0. The third-order valence-corrected chi connectivity index (χ3v) is 3.58. The summed E-state index contributed by atoms with van der Waals surface area (Å²) in [5.41, 5.74) is 3.31. The van der Waals surface area contributed by atoms with Gasteiger partial charge in [-0.15, -0.1) is 0 Å². The van der Waals surface area contributed by atoms with E-state index in [9.17, 15) is 4.79 Å². The average Bonchev–Trinajstić information content (AvgIpc) is 2.67. The van der Waals surface area contributed by atoms with Crippen molar-refractivity contribution in [3.8, 4) is 17.0 Å². The van der Waals surface area contributed by atoms with Gasteiger partial charge in [0.2, 0.25) is 0 Å². The highest BCUT2D eigenvalue weighted by Gasteiger charge is 2.06. The van der Waals surface area contributed by atoms with Crippen LogP contribution in [0.3, 0.4) is 0 Å². The highest BCUT2D eigenvalue weighted by atomic mass is 16.5. The summed E-state index contributed by atoms with van der Waals surface area (Å²) in [4.78, 5) is 15.7. The highest BCUT2D eigenvalue weighted by Crippen LogP contribution is 2.21. The molecule has 0 aliphatic rings. The Kier molecular flexibility index (Phi) is 4.87. The number of methoxy groups -OCH3 is 1. The number of esters is 1. The minimum absolute atomic E-state index is 0.390. The Morgan fingerprint density at radius 2 is 1.71 bits per heavy atom. The summed E-state index contributed by atoms with van der Waals surface area (Å²) >= 11 is 0. The van der Waals surface area contributed by atoms with E-state index in [4.69, 9.17) is 4.74 Å². The zero-order valence-corrected chi connectivity index (χ0v) is 13.3. The molecule has 24 heavy (non-hydrogen) atoms. The molecule has 2 aromatic carbocycles. The molecule has 0 atom stereocenters. The Morgan fingerprint density at radius 3 is 2.33 bits per heavy atom. The fourth-order valence-electron chi connectivity index (χ4n) is 2.27. The number of benzene rings is 2. The molecule has 0 unspecified atom stereocenters. The van der Waals surface area contributed by atoms with Gasteiger partial charge in [-0.1, -0.05) is 30.3 Å². The smallest absolute Gasteiger partial charge is 0.339 e. The minimum atomic E-state index is -0.390. The molecule has 0 aliphatic heterocycles. The fraction of sp³-hybridized carbons (Fsp3) is 0.100. The number of ether oxygens (including phenoxy) is 2. The maximum absolute atomic E-state index is 11.4. The third kappa shape index (κ3) is 3.79. The average molecular weight is 319 g/mol. The second-order valence-electron chi connectivity index (χ2n) is 5.22. The molecule has 4 nitrogen and oxygen atoms in total. The Morgan fingerprint density at radius 1 is 0.958 bits per heavy atom. The van der Waals surface area contributed by atoms with Crippen LogP contribution in [0, 0.1) is 0 Å². The molecule has 0 spiro atoms. The van der Waals surface area contributed by atoms with Crippen LogP contribution in [0.4, 0.5) is 0 Å². The van der Waals surface area contributed by atoms with Crippen LogP contribution in [0.1, 0.15) is 15.9 Å². The Labute approximate surface area is 140 Å². The summed E-state index contributed by atoms with van der Waals surface area (Å²) < 4.78 is 10.4. The molecule has 0 amide bonds. The standard InChI is InChI=1S/C20H17NO3/c1-23-20(22)17-9-12-19(21-13-17)16-7-10-18(11-8-16)24-14-15-5-3-2-4-6-15/h2-13H,14H2,1H3. The van der Waals surface area contributed by atoms with Gasteiger partial charge in [0.25, 0.3) is 0 Å². The zero-order chi connectivity index (χ0) is 16.8. The lowest BCUT2D eigenvalue weighted by Gasteiger charge is -2.07. The molecule has 3 rings (SSSR count). The first-order valence-electron chi connectivity index (χ1n) is 7.58. The third-order valence-electron chi connectivity index (χ3n) is 3.58. The fourth-order valence-corrected chi connectivity index (χ4v) is 2.27. The second kappa shape index (κ2) is 7.42. The van der Waals surface area contributed by atoms with Crippen molar-refractivity contribution in [1.29, 1.82) is 0 Å². The predicted molar refractivity (Wildman–Crippen MR) is 91.8 cm³/mol. The van der Waals surface area contributed by atoms with E-state index in [1.165, 1.54) is 13.3 Å². The number of rotatable bonds is 5. The van der Waals surface area contributed by atoms with Gasteiger partial charge >= 0.3 is 5.97 Å². The van der Waals surface area contributed by atoms with Gasteiger partial charge in [0.05, 0.1) is 18.4 Å². The van der Waals surface area contributed by atoms with Gasteiger partial charge in [0, 0.05) is 11.8 Å². The molecule has 4 heteroatoms. The Balaban J connectivity index is 1.67. The van der Waals surface area contributed by atoms with Gasteiger partial charge in [-0.3, -0.25) is 4.98 Å². The van der Waals surface area contributed by atoms with E-state index in [1.807, 2.05) is 54.6 Å². The van der Waals surface area contributed by atoms with Crippen LogP contribution in [-0.4, -0.2) is 18.1 Å². The van der Waals surface area contributed by atoms with Crippen molar-refractivity contribution in [3.05, 3.63) is 84.1 Å². The second-order valence-corrected chi connectivity index (χ2v) is 5.22. The minimum Gasteiger partial charge on any atom is -0.489 e. The van der Waals surface area contributed by atoms with Gasteiger partial charge < -0.3 is 9.47 Å². The largest absolute Gasteiger partial charge is 0.489 e. The van der Waals surface area contributed by atoms with Crippen molar-refractivity contribution in [2.45, 2.75) is 6.61 Å². The van der Waals surface area contributed by atoms with Crippen molar-refractivity contribution < 1.29 is 14.3 Å². The van der Waals surface area contributed by atoms with Crippen molar-refractivity contribution in [1.82, 2.24) is 4.98 Å². The zero-order valence-electron chi connectivity index (χ0n) is 13.3. The Bertz CT molecular complexity index is 797. The monoisotopic (exact) mass is 319 g/mol. The highest BCUT2D eigenvalue weighted by molar-refractivity contribution is 5.89. The maximum Gasteiger partial charge on any atom is 0.339 e. The first kappa shape index (κ1) is 15.7. The van der Waals surface area contributed by atoms with E-state index in [1.54, 1.807) is 12.1 Å². The molecule has 3 aromatic rings. The molecule has 0 aliphatic carbocycles. The van der Waals surface area contributed by atoms with Crippen molar-refractivity contribution in [2.24, 2.45) is 0 Å². The molecule has 0 saturated heterocycles. The van der Waals surface area contributed by atoms with E-state index in [-0.39, 0.29) is 0 Å². The van der Waals surface area contributed by atoms with Crippen molar-refractivity contribution in [2.75, 3.05) is 7.11 Å². The lowest BCUT2D eigenvalue weighted by atomic mass is 10.1. The first-order valence-corrected chi connectivity index (χ1v) is 7.58. The molecular weight excluding hydrogens is 302 g/mol. The lowest BCUT2D eigenvalue weighted by Crippen LogP contribution is -2.01. The molecule has 0 saturated carbocycles. The van der Waals surface area contributed by atoms with E-state index >= 15 is 0 Å². The molecule has 0 fully saturated rings. The van der Waals surface area contributed by atoms with Crippen molar-refractivity contribution >= 4 is 5.97 Å². The number of nitrogens with zero attached hydrogens (tertiary/aromatic N) is 1. The summed E-state index contributed by atoms with van der Waals surface area (Å²) in [6.45, 7) is 0.534. The van der Waals surface area contributed by atoms with E-state index in [0.29, 0.717) is 12.2 Å². The lowest BCUT2D eigenvalue weighted by molar-refractivity contribution is 0.0600. The topological polar surface area (TPSA) is 48.4 Å². The summed E-state index contributed by atoms with van der Waals surface area (Å²) in [6.07, 6.45) is 1.51. The number of aromatic nitrogens is 1. The normalized spacial score (nSPS) is 10.2. The van der Waals surface area contributed by atoms with Gasteiger partial charge in [-0.05, 0) is 42.0 Å². The van der Waals surface area contributed by atoms with Crippen molar-refractivity contribution in [3.63, 3.8) is 0 Å². The van der Waals surface area contributed by atoms with Crippen LogP contribution in [0.15, 0.2) is 72.9 Å². The van der Waals surface area contributed by atoms with Crippen LogP contribution < -0.4 is 4.74 Å². The van der Waals surface area contributed by atoms with Crippen LogP contribution in [0.5, 0.6) is 5.75 Å². The predicted octanol–water partition coefficient (Wildman–Crippen LogP) is 4.11. The van der Waals surface area contributed by atoms with E-state index in [0.717, 1.165) is 22.6 Å². The van der Waals surface area contributed by atoms with Crippen LogP contribution >= 0.6 is 0 Å². The van der Waals surface area contributed by atoms with Crippen LogP contribution in [0.25, 0.3) is 11.3 Å². The molecule has 1 heterocycles. The van der Waals surface area contributed by atoms with Gasteiger partial charge in [-0.25, -0.2) is 4.79 Å². The molecule has 1 aromatic heterocycles. The van der Waals surface area contributed by atoms with Gasteiger partial charge in [0.15, 0.2) is 0 Å². The quantitative estimate of drug-likeness (QED) is 0.664. The molecule has 0 bridgehead atoms. The number of hydrogen-bond acceptors (Lipinski definition) is 4. The molecule has 120 valence electrons. The van der Waals surface area contributed by atoms with E-state index in [2.05, 4.69) is 9.72 Å². The SMILES string of the molecule is COC(=O)c1ccc(-c2ccc(OCc3ccccc3)cc2)nc1. The summed E-state index contributed by atoms with van der Waals surface area (Å²) in [5.74, 6) is 0.410. The maximum atomic E-state index is 11.4. The van der Waals surface area contributed by atoms with Crippen LogP contribution in [-0.2, 0) is 11.3 Å². The van der Waals surface area contributed by atoms with E-state index < -0.39 is 5.97 Å². The first-order chi connectivity index (χ1) is 11.8. The number of carbonyl (C=O) groups excluding carboxylic acids is 1. The summed E-state index contributed by atoms with van der Waals surface area (Å²) in [6, 6.07) is 21.2. The Hall–Kier alpha value is -3.14. The van der Waals surface area contributed by atoms with Crippen LogP contribution in [0.2, 0.25) is 0 Å². The molecule has 0 N–H and O–H groups in total. The summed E-state index contributed by atoms with van der Waals surface area (Å²) in [5, 5.41) is 0. The molecule has 0 radical (unpaired) electrons. The number of carbonyl (C=O) groups is 1.